The Morgan fingerprint density at radius 3 is 1.57 bits per heavy atom. The van der Waals surface area contributed by atoms with Gasteiger partial charge in [0.2, 0.25) is 11.8 Å². The maximum atomic E-state index is 13.4. The maximum absolute atomic E-state index is 13.4. The topological polar surface area (TPSA) is 142 Å². The lowest BCUT2D eigenvalue weighted by atomic mass is 9.96. The number of amides is 6. The van der Waals surface area contributed by atoms with Crippen LogP contribution in [-0.4, -0.2) is 59.5 Å². The molecule has 4 aromatic carbocycles. The van der Waals surface area contributed by atoms with Gasteiger partial charge in [0.25, 0.3) is 23.6 Å². The highest BCUT2D eigenvalue weighted by Crippen LogP contribution is 2.32. The van der Waals surface area contributed by atoms with Crippen molar-refractivity contribution in [2.75, 3.05) is 11.9 Å². The molecule has 6 amide bonds. The number of aryl methyl sites for hydroxylation is 1. The first-order valence-electron chi connectivity index (χ1n) is 15.0. The molecule has 234 valence electrons. The molecule has 0 radical (unpaired) electrons. The summed E-state index contributed by atoms with van der Waals surface area (Å²) in [6.07, 6.45) is 0.235. The van der Waals surface area contributed by atoms with E-state index in [-0.39, 0.29) is 35.4 Å². The monoisotopic (exact) mass is 628 g/mol. The van der Waals surface area contributed by atoms with Crippen LogP contribution in [-0.2, 0) is 22.4 Å². The minimum atomic E-state index is -0.894. The molecule has 2 atom stereocenters. The number of rotatable bonds is 7. The quantitative estimate of drug-likeness (QED) is 0.298. The number of carbonyl (C=O) groups is 6. The fourth-order valence-electron chi connectivity index (χ4n) is 6.03. The second-order valence-corrected chi connectivity index (χ2v) is 11.8. The molecule has 2 N–H and O–H groups in total. The summed E-state index contributed by atoms with van der Waals surface area (Å²) >= 11 is 0. The van der Waals surface area contributed by atoms with Crippen LogP contribution in [0, 0.1) is 6.92 Å². The Labute approximate surface area is 269 Å². The van der Waals surface area contributed by atoms with E-state index in [2.05, 4.69) is 10.6 Å². The van der Waals surface area contributed by atoms with Crippen molar-refractivity contribution in [3.05, 3.63) is 124 Å². The molecule has 0 saturated carbocycles. The van der Waals surface area contributed by atoms with Crippen LogP contribution < -0.4 is 20.3 Å². The summed E-state index contributed by atoms with van der Waals surface area (Å²) in [5, 5.41) is 5.50. The molecule has 0 bridgehead atoms. The van der Waals surface area contributed by atoms with E-state index < -0.39 is 41.6 Å². The van der Waals surface area contributed by atoms with E-state index in [1.54, 1.807) is 60.7 Å². The van der Waals surface area contributed by atoms with Crippen LogP contribution in [0.3, 0.4) is 0 Å². The number of nitrogens with zero attached hydrogens (tertiary/aromatic N) is 2. The number of fused-ring (bicyclic) bond motifs is 2. The minimum Gasteiger partial charge on any atom is -0.457 e. The normalized spacial score (nSPS) is 18.7. The molecule has 0 aromatic heterocycles. The van der Waals surface area contributed by atoms with Crippen molar-refractivity contribution < 1.29 is 33.5 Å². The van der Waals surface area contributed by atoms with Crippen molar-refractivity contribution in [3.63, 3.8) is 0 Å². The summed E-state index contributed by atoms with van der Waals surface area (Å²) in [4.78, 5) is 79.4. The Hall–Kier alpha value is -6.10. The van der Waals surface area contributed by atoms with E-state index in [0.717, 1.165) is 15.4 Å². The molecule has 0 spiro atoms. The summed E-state index contributed by atoms with van der Waals surface area (Å²) in [5.74, 6) is -1.33. The van der Waals surface area contributed by atoms with Gasteiger partial charge in [-0.05, 0) is 78.7 Å². The van der Waals surface area contributed by atoms with Crippen molar-refractivity contribution in [1.29, 1.82) is 0 Å². The summed E-state index contributed by atoms with van der Waals surface area (Å²) < 4.78 is 5.86. The number of piperazine rings is 1. The average molecular weight is 629 g/mol. The predicted octanol–water partition coefficient (Wildman–Crippen LogP) is 3.58. The number of nitrogens with one attached hydrogen (secondary N) is 2. The molecule has 3 heterocycles. The Morgan fingerprint density at radius 1 is 0.574 bits per heavy atom. The standard InChI is InChI=1S/C36H28N4O7/c1-19-3-9-23(10-4-19)47-24-11-7-22(8-12-24)40-35(45)26-14-6-21(16-28(26)36(40)46)18-30-32(42)37-29(31(41)38-30)17-20-5-13-25-27(15-20)34(44)39(2)33(25)43/h3-16,29-30H,17-18H2,1-2H3,(H,37,42)(H,38,41). The van der Waals surface area contributed by atoms with Gasteiger partial charge in [0, 0.05) is 19.9 Å². The van der Waals surface area contributed by atoms with E-state index in [4.69, 9.17) is 4.74 Å². The third kappa shape index (κ3) is 5.31. The summed E-state index contributed by atoms with van der Waals surface area (Å²) in [5.41, 5.74) is 3.75. The second-order valence-electron chi connectivity index (χ2n) is 11.8. The second kappa shape index (κ2) is 11.4. The molecule has 11 heteroatoms. The molecule has 11 nitrogen and oxygen atoms in total. The first-order chi connectivity index (χ1) is 22.6. The number of benzene rings is 4. The number of anilines is 1. The molecule has 3 aliphatic rings. The van der Waals surface area contributed by atoms with E-state index in [0.29, 0.717) is 33.9 Å². The van der Waals surface area contributed by atoms with Gasteiger partial charge in [-0.3, -0.25) is 33.7 Å². The van der Waals surface area contributed by atoms with Crippen molar-refractivity contribution in [3.8, 4) is 11.5 Å². The highest BCUT2D eigenvalue weighted by atomic mass is 16.5. The zero-order chi connectivity index (χ0) is 33.0. The molecule has 0 aliphatic carbocycles. The van der Waals surface area contributed by atoms with Gasteiger partial charge in [0.1, 0.15) is 23.6 Å². The molecule has 1 fully saturated rings. The van der Waals surface area contributed by atoms with Crippen LogP contribution in [0.4, 0.5) is 5.69 Å². The minimum absolute atomic E-state index is 0.103. The SMILES string of the molecule is Cc1ccc(Oc2ccc(N3C(=O)c4ccc(CC5NC(=O)C(Cc6ccc7c(c6)C(=O)N(C)C7=O)NC5=O)cc4C3=O)cc2)cc1. The number of hydrogen-bond donors (Lipinski definition) is 2. The van der Waals surface area contributed by atoms with Crippen molar-refractivity contribution >= 4 is 41.1 Å². The molecule has 2 unspecified atom stereocenters. The van der Waals surface area contributed by atoms with E-state index in [1.807, 2.05) is 31.2 Å². The maximum Gasteiger partial charge on any atom is 0.266 e. The number of ether oxygens (including phenoxy) is 1. The Kier molecular flexibility index (Phi) is 7.16. The van der Waals surface area contributed by atoms with Crippen LogP contribution in [0.1, 0.15) is 58.1 Å². The van der Waals surface area contributed by atoms with Gasteiger partial charge in [-0.15, -0.1) is 0 Å². The third-order valence-electron chi connectivity index (χ3n) is 8.60. The van der Waals surface area contributed by atoms with Gasteiger partial charge in [0.15, 0.2) is 0 Å². The van der Waals surface area contributed by atoms with Gasteiger partial charge < -0.3 is 15.4 Å². The highest BCUT2D eigenvalue weighted by Gasteiger charge is 2.39. The van der Waals surface area contributed by atoms with Gasteiger partial charge in [-0.1, -0.05) is 29.8 Å². The Bertz CT molecular complexity index is 2020. The Morgan fingerprint density at radius 2 is 1.02 bits per heavy atom. The van der Waals surface area contributed by atoms with Crippen LogP contribution in [0.25, 0.3) is 0 Å². The fourth-order valence-corrected chi connectivity index (χ4v) is 6.03. The molecular weight excluding hydrogens is 600 g/mol. The summed E-state index contributed by atoms with van der Waals surface area (Å²) in [7, 11) is 1.41. The zero-order valence-corrected chi connectivity index (χ0v) is 25.4. The summed E-state index contributed by atoms with van der Waals surface area (Å²) in [6.45, 7) is 1.98. The lowest BCUT2D eigenvalue weighted by Crippen LogP contribution is -2.62. The van der Waals surface area contributed by atoms with E-state index in [1.165, 1.54) is 7.05 Å². The van der Waals surface area contributed by atoms with Gasteiger partial charge in [-0.2, -0.15) is 0 Å². The first kappa shape index (κ1) is 29.6. The predicted molar refractivity (Wildman–Crippen MR) is 169 cm³/mol. The zero-order valence-electron chi connectivity index (χ0n) is 25.4. The van der Waals surface area contributed by atoms with Crippen molar-refractivity contribution in [2.24, 2.45) is 0 Å². The van der Waals surface area contributed by atoms with Crippen molar-refractivity contribution in [1.82, 2.24) is 15.5 Å². The lowest BCUT2D eigenvalue weighted by Gasteiger charge is -2.30. The average Bonchev–Trinajstić information content (AvgIpc) is 3.44. The van der Waals surface area contributed by atoms with Crippen LogP contribution in [0.5, 0.6) is 11.5 Å². The van der Waals surface area contributed by atoms with Gasteiger partial charge >= 0.3 is 0 Å². The first-order valence-corrected chi connectivity index (χ1v) is 15.0. The molecule has 47 heavy (non-hydrogen) atoms. The lowest BCUT2D eigenvalue weighted by molar-refractivity contribution is -0.136. The van der Waals surface area contributed by atoms with E-state index >= 15 is 0 Å². The molecule has 7 rings (SSSR count). The summed E-state index contributed by atoms with van der Waals surface area (Å²) in [6, 6.07) is 22.1. The largest absolute Gasteiger partial charge is 0.457 e. The van der Waals surface area contributed by atoms with Crippen LogP contribution >= 0.6 is 0 Å². The molecule has 3 aliphatic heterocycles. The molecule has 1 saturated heterocycles. The molecule has 4 aromatic rings. The number of hydrogen-bond acceptors (Lipinski definition) is 7. The number of imide groups is 2. The fraction of sp³-hybridized carbons (Fsp3) is 0.167. The third-order valence-corrected chi connectivity index (χ3v) is 8.60. The molecular formula is C36H28N4O7. The van der Waals surface area contributed by atoms with Crippen molar-refractivity contribution in [2.45, 2.75) is 31.8 Å². The smallest absolute Gasteiger partial charge is 0.266 e. The van der Waals surface area contributed by atoms with Gasteiger partial charge in [0.05, 0.1) is 27.9 Å². The van der Waals surface area contributed by atoms with Crippen LogP contribution in [0.15, 0.2) is 84.9 Å². The highest BCUT2D eigenvalue weighted by molar-refractivity contribution is 6.34. The Balaban J connectivity index is 1.01. The van der Waals surface area contributed by atoms with E-state index in [9.17, 15) is 28.8 Å². The van der Waals surface area contributed by atoms with Gasteiger partial charge in [-0.25, -0.2) is 4.90 Å². The number of carbonyl (C=O) groups excluding carboxylic acids is 6. The van der Waals surface area contributed by atoms with Crippen LogP contribution in [0.2, 0.25) is 0 Å².